The summed E-state index contributed by atoms with van der Waals surface area (Å²) in [4.78, 5) is 11.5. The summed E-state index contributed by atoms with van der Waals surface area (Å²) < 4.78 is 5.29. The molecule has 0 saturated carbocycles. The number of ether oxygens (including phenoxy) is 1. The zero-order valence-electron chi connectivity index (χ0n) is 11.0. The van der Waals surface area contributed by atoms with Crippen LogP contribution in [0.3, 0.4) is 0 Å². The second-order valence-electron chi connectivity index (χ2n) is 4.48. The Morgan fingerprint density at radius 3 is 2.44 bits per heavy atom. The van der Waals surface area contributed by atoms with Crippen LogP contribution in [0.2, 0.25) is 0 Å². The van der Waals surface area contributed by atoms with Gasteiger partial charge in [-0.05, 0) is 38.6 Å². The Kier molecular flexibility index (Phi) is 9.30. The lowest BCUT2D eigenvalue weighted by atomic mass is 9.97. The molecule has 0 aliphatic carbocycles. The number of rotatable bonds is 9. The van der Waals surface area contributed by atoms with Gasteiger partial charge in [0.05, 0.1) is 6.10 Å². The molecule has 0 fully saturated rings. The predicted molar refractivity (Wildman–Crippen MR) is 67.1 cm³/mol. The van der Waals surface area contributed by atoms with E-state index in [9.17, 15) is 4.79 Å². The average molecular weight is 229 g/mol. The molecule has 0 aliphatic heterocycles. The molecule has 2 unspecified atom stereocenters. The molecule has 0 bridgehead atoms. The predicted octanol–water partition coefficient (Wildman–Crippen LogP) is 2.87. The van der Waals surface area contributed by atoms with Crippen LogP contribution in [-0.2, 0) is 9.53 Å². The third kappa shape index (κ3) is 7.69. The van der Waals surface area contributed by atoms with Crippen LogP contribution in [0.1, 0.15) is 59.3 Å². The van der Waals surface area contributed by atoms with Crippen LogP contribution in [0, 0.1) is 5.92 Å². The van der Waals surface area contributed by atoms with Gasteiger partial charge >= 0.3 is 5.97 Å². The van der Waals surface area contributed by atoms with Gasteiger partial charge in [-0.25, -0.2) is 0 Å². The van der Waals surface area contributed by atoms with E-state index in [2.05, 4.69) is 13.8 Å². The molecule has 0 aromatic heterocycles. The van der Waals surface area contributed by atoms with Gasteiger partial charge in [-0.1, -0.05) is 26.7 Å². The fourth-order valence-electron chi connectivity index (χ4n) is 1.86. The van der Waals surface area contributed by atoms with E-state index in [1.807, 2.05) is 6.92 Å². The number of carbonyl (C=O) groups is 1. The van der Waals surface area contributed by atoms with E-state index in [0.29, 0.717) is 18.9 Å². The van der Waals surface area contributed by atoms with Crippen molar-refractivity contribution in [2.45, 2.75) is 65.4 Å². The minimum atomic E-state index is -0.0589. The summed E-state index contributed by atoms with van der Waals surface area (Å²) >= 11 is 0. The Labute approximate surface area is 99.7 Å². The van der Waals surface area contributed by atoms with E-state index in [-0.39, 0.29) is 12.1 Å². The molecule has 2 N–H and O–H groups in total. The molecule has 16 heavy (non-hydrogen) atoms. The second kappa shape index (κ2) is 9.64. The Morgan fingerprint density at radius 2 is 1.94 bits per heavy atom. The lowest BCUT2D eigenvalue weighted by Crippen LogP contribution is -2.16. The monoisotopic (exact) mass is 229 g/mol. The summed E-state index contributed by atoms with van der Waals surface area (Å²) in [5.41, 5.74) is 5.52. The lowest BCUT2D eigenvalue weighted by molar-refractivity contribution is -0.148. The maximum absolute atomic E-state index is 11.5. The van der Waals surface area contributed by atoms with E-state index >= 15 is 0 Å². The molecule has 3 nitrogen and oxygen atoms in total. The smallest absolute Gasteiger partial charge is 0.306 e. The summed E-state index contributed by atoms with van der Waals surface area (Å²) in [6.07, 6.45) is 5.61. The van der Waals surface area contributed by atoms with Crippen molar-refractivity contribution in [2.75, 3.05) is 6.54 Å². The standard InChI is InChI=1S/C13H27NO2/c1-4-6-11(3)16-13(15)8-7-12(5-2)9-10-14/h11-12H,4-10,14H2,1-3H3. The molecule has 0 aromatic rings. The molecule has 2 atom stereocenters. The van der Waals surface area contributed by atoms with Crippen LogP contribution in [-0.4, -0.2) is 18.6 Å². The first kappa shape index (κ1) is 15.4. The van der Waals surface area contributed by atoms with Gasteiger partial charge in [0.1, 0.15) is 0 Å². The average Bonchev–Trinajstić information content (AvgIpc) is 2.24. The van der Waals surface area contributed by atoms with Crippen LogP contribution in [0.25, 0.3) is 0 Å². The van der Waals surface area contributed by atoms with Gasteiger partial charge < -0.3 is 10.5 Å². The molecule has 0 amide bonds. The molecule has 0 saturated heterocycles. The van der Waals surface area contributed by atoms with Gasteiger partial charge in [0.2, 0.25) is 0 Å². The van der Waals surface area contributed by atoms with Crippen LogP contribution in [0.4, 0.5) is 0 Å². The zero-order valence-corrected chi connectivity index (χ0v) is 11.0. The largest absolute Gasteiger partial charge is 0.463 e. The van der Waals surface area contributed by atoms with Gasteiger partial charge in [0, 0.05) is 6.42 Å². The van der Waals surface area contributed by atoms with Gasteiger partial charge in [0.25, 0.3) is 0 Å². The molecule has 0 rings (SSSR count). The normalized spacial score (nSPS) is 14.5. The van der Waals surface area contributed by atoms with Gasteiger partial charge in [-0.15, -0.1) is 0 Å². The molecule has 0 aliphatic rings. The molecule has 0 heterocycles. The van der Waals surface area contributed by atoms with Crippen LogP contribution < -0.4 is 5.73 Å². The number of carbonyl (C=O) groups excluding carboxylic acids is 1. The summed E-state index contributed by atoms with van der Waals surface area (Å²) in [6, 6.07) is 0. The Balaban J connectivity index is 3.70. The lowest BCUT2D eigenvalue weighted by Gasteiger charge is -2.15. The highest BCUT2D eigenvalue weighted by Gasteiger charge is 2.12. The number of hydrogen-bond acceptors (Lipinski definition) is 3. The van der Waals surface area contributed by atoms with Crippen molar-refractivity contribution in [1.29, 1.82) is 0 Å². The van der Waals surface area contributed by atoms with Crippen LogP contribution >= 0.6 is 0 Å². The van der Waals surface area contributed by atoms with Gasteiger partial charge in [-0.2, -0.15) is 0 Å². The van der Waals surface area contributed by atoms with E-state index in [0.717, 1.165) is 32.1 Å². The summed E-state index contributed by atoms with van der Waals surface area (Å²) in [5, 5.41) is 0. The quantitative estimate of drug-likeness (QED) is 0.618. The fourth-order valence-corrected chi connectivity index (χ4v) is 1.86. The van der Waals surface area contributed by atoms with E-state index < -0.39 is 0 Å². The van der Waals surface area contributed by atoms with Crippen molar-refractivity contribution in [3.05, 3.63) is 0 Å². The van der Waals surface area contributed by atoms with Crippen molar-refractivity contribution in [2.24, 2.45) is 11.7 Å². The van der Waals surface area contributed by atoms with Gasteiger partial charge in [0.15, 0.2) is 0 Å². The first-order valence-electron chi connectivity index (χ1n) is 6.53. The SMILES string of the molecule is CCCC(C)OC(=O)CCC(CC)CCN. The summed E-state index contributed by atoms with van der Waals surface area (Å²) in [5.74, 6) is 0.510. The van der Waals surface area contributed by atoms with Crippen molar-refractivity contribution < 1.29 is 9.53 Å². The van der Waals surface area contributed by atoms with Crippen molar-refractivity contribution in [1.82, 2.24) is 0 Å². The number of nitrogens with two attached hydrogens (primary N) is 1. The molecular formula is C13H27NO2. The minimum absolute atomic E-state index is 0.0589. The highest BCUT2D eigenvalue weighted by molar-refractivity contribution is 5.69. The fraction of sp³-hybridized carbons (Fsp3) is 0.923. The molecular weight excluding hydrogens is 202 g/mol. The third-order valence-corrected chi connectivity index (χ3v) is 2.94. The van der Waals surface area contributed by atoms with Crippen molar-refractivity contribution in [3.63, 3.8) is 0 Å². The van der Waals surface area contributed by atoms with E-state index in [4.69, 9.17) is 10.5 Å². The highest BCUT2D eigenvalue weighted by atomic mass is 16.5. The number of esters is 1. The molecule has 96 valence electrons. The Morgan fingerprint density at radius 1 is 1.25 bits per heavy atom. The number of hydrogen-bond donors (Lipinski definition) is 1. The van der Waals surface area contributed by atoms with Crippen LogP contribution in [0.5, 0.6) is 0 Å². The summed E-state index contributed by atoms with van der Waals surface area (Å²) in [7, 11) is 0. The Hall–Kier alpha value is -0.570. The highest BCUT2D eigenvalue weighted by Crippen LogP contribution is 2.15. The molecule has 0 aromatic carbocycles. The Bertz CT molecular complexity index is 183. The maximum atomic E-state index is 11.5. The van der Waals surface area contributed by atoms with Gasteiger partial charge in [-0.3, -0.25) is 4.79 Å². The maximum Gasteiger partial charge on any atom is 0.306 e. The van der Waals surface area contributed by atoms with E-state index in [1.54, 1.807) is 0 Å². The first-order chi connectivity index (χ1) is 7.63. The zero-order chi connectivity index (χ0) is 12.4. The summed E-state index contributed by atoms with van der Waals surface area (Å²) in [6.45, 7) is 6.91. The van der Waals surface area contributed by atoms with Crippen molar-refractivity contribution >= 4 is 5.97 Å². The van der Waals surface area contributed by atoms with E-state index in [1.165, 1.54) is 0 Å². The van der Waals surface area contributed by atoms with Crippen LogP contribution in [0.15, 0.2) is 0 Å². The first-order valence-corrected chi connectivity index (χ1v) is 6.53. The second-order valence-corrected chi connectivity index (χ2v) is 4.48. The third-order valence-electron chi connectivity index (χ3n) is 2.94. The molecule has 3 heteroatoms. The molecule has 0 spiro atoms. The molecule has 0 radical (unpaired) electrons. The topological polar surface area (TPSA) is 52.3 Å². The van der Waals surface area contributed by atoms with Crippen molar-refractivity contribution in [3.8, 4) is 0 Å². The minimum Gasteiger partial charge on any atom is -0.463 e.